The molecule has 1 rings (SSSR count). The first-order valence-corrected chi connectivity index (χ1v) is 6.35. The number of rotatable bonds is 5. The third-order valence-electron chi connectivity index (χ3n) is 3.34. The topological polar surface area (TPSA) is 107 Å². The average Bonchev–Trinajstić information content (AvgIpc) is 2.38. The van der Waals surface area contributed by atoms with Crippen molar-refractivity contribution in [3.05, 3.63) is 0 Å². The van der Waals surface area contributed by atoms with Crippen molar-refractivity contribution >= 4 is 17.8 Å². The number of aliphatic hydroxyl groups excluding tert-OH is 1. The smallest absolute Gasteiger partial charge is 0.326 e. The summed E-state index contributed by atoms with van der Waals surface area (Å²) in [6.45, 7) is 2.23. The Hall–Kier alpha value is -1.63. The molecule has 0 aromatic rings. The lowest BCUT2D eigenvalue weighted by Gasteiger charge is -2.31. The Kier molecular flexibility index (Phi) is 5.75. The number of hydrogen-bond donors (Lipinski definition) is 3. The lowest BCUT2D eigenvalue weighted by Crippen LogP contribution is -2.47. The minimum Gasteiger partial charge on any atom is -0.480 e. The van der Waals surface area contributed by atoms with E-state index < -0.39 is 12.0 Å². The molecular weight excluding hydrogens is 252 g/mol. The van der Waals surface area contributed by atoms with Crippen LogP contribution >= 0.6 is 0 Å². The van der Waals surface area contributed by atoms with E-state index in [0.29, 0.717) is 25.9 Å². The molecule has 0 spiro atoms. The highest BCUT2D eigenvalue weighted by Gasteiger charge is 2.28. The van der Waals surface area contributed by atoms with Crippen molar-refractivity contribution in [2.75, 3.05) is 19.7 Å². The minimum atomic E-state index is -1.15. The van der Waals surface area contributed by atoms with Gasteiger partial charge >= 0.3 is 5.97 Å². The first-order chi connectivity index (χ1) is 8.95. The number of aliphatic hydroxyl groups is 1. The Bertz CT molecular complexity index is 350. The van der Waals surface area contributed by atoms with E-state index in [2.05, 4.69) is 5.32 Å². The monoisotopic (exact) mass is 272 g/mol. The number of nitrogens with one attached hydrogen (secondary N) is 1. The van der Waals surface area contributed by atoms with Crippen molar-refractivity contribution in [3.63, 3.8) is 0 Å². The molecule has 7 heteroatoms. The van der Waals surface area contributed by atoms with Crippen molar-refractivity contribution in [3.8, 4) is 0 Å². The Morgan fingerprint density at radius 2 is 1.89 bits per heavy atom. The highest BCUT2D eigenvalue weighted by atomic mass is 16.4. The number of piperidine rings is 1. The van der Waals surface area contributed by atoms with Crippen LogP contribution in [0.4, 0.5) is 0 Å². The van der Waals surface area contributed by atoms with Crippen LogP contribution in [0.25, 0.3) is 0 Å². The van der Waals surface area contributed by atoms with Crippen LogP contribution in [-0.4, -0.2) is 58.6 Å². The third-order valence-corrected chi connectivity index (χ3v) is 3.34. The second kappa shape index (κ2) is 7.08. The first-order valence-electron chi connectivity index (χ1n) is 6.35. The molecule has 1 fully saturated rings. The largest absolute Gasteiger partial charge is 0.480 e. The fourth-order valence-corrected chi connectivity index (χ4v) is 2.13. The van der Waals surface area contributed by atoms with Crippen LogP contribution in [0, 0.1) is 5.92 Å². The van der Waals surface area contributed by atoms with Crippen molar-refractivity contribution in [1.82, 2.24) is 10.2 Å². The summed E-state index contributed by atoms with van der Waals surface area (Å²) in [5.74, 6) is -1.74. The van der Waals surface area contributed by atoms with E-state index in [1.165, 1.54) is 6.92 Å². The lowest BCUT2D eigenvalue weighted by molar-refractivity contribution is -0.143. The van der Waals surface area contributed by atoms with Crippen molar-refractivity contribution in [2.24, 2.45) is 5.92 Å². The summed E-state index contributed by atoms with van der Waals surface area (Å²) in [6, 6.07) is -1.05. The van der Waals surface area contributed by atoms with E-state index in [1.807, 2.05) is 0 Å². The molecule has 1 saturated heterocycles. The number of carbonyl (C=O) groups is 3. The normalized spacial score (nSPS) is 17.9. The summed E-state index contributed by atoms with van der Waals surface area (Å²) in [7, 11) is 0. The number of aliphatic carboxylic acids is 1. The maximum absolute atomic E-state index is 11.9. The molecule has 1 aliphatic rings. The maximum Gasteiger partial charge on any atom is 0.326 e. The molecule has 19 heavy (non-hydrogen) atoms. The molecule has 2 amide bonds. The second-order valence-electron chi connectivity index (χ2n) is 4.69. The zero-order chi connectivity index (χ0) is 14.4. The predicted molar refractivity (Wildman–Crippen MR) is 66.2 cm³/mol. The number of carboxylic acid groups (broad SMARTS) is 1. The standard InChI is InChI=1S/C12H20N2O5/c1-8(16)14-5-2-9(3-6-14)11(17)13-10(4-7-15)12(18)19/h9-10,15H,2-7H2,1H3,(H,13,17)(H,18,19)/t10-/m1/s1. The van der Waals surface area contributed by atoms with Crippen LogP contribution in [0.2, 0.25) is 0 Å². The zero-order valence-corrected chi connectivity index (χ0v) is 11.0. The highest BCUT2D eigenvalue weighted by Crippen LogP contribution is 2.17. The van der Waals surface area contributed by atoms with Crippen LogP contribution in [0.5, 0.6) is 0 Å². The van der Waals surface area contributed by atoms with Gasteiger partial charge in [0.05, 0.1) is 0 Å². The molecule has 0 radical (unpaired) electrons. The molecule has 0 bridgehead atoms. The number of nitrogens with zero attached hydrogens (tertiary/aromatic N) is 1. The van der Waals surface area contributed by atoms with Crippen molar-refractivity contribution in [2.45, 2.75) is 32.2 Å². The van der Waals surface area contributed by atoms with Gasteiger partial charge in [-0.25, -0.2) is 4.79 Å². The van der Waals surface area contributed by atoms with Crippen LogP contribution in [0.15, 0.2) is 0 Å². The van der Waals surface area contributed by atoms with E-state index in [1.54, 1.807) is 4.90 Å². The molecule has 1 heterocycles. The second-order valence-corrected chi connectivity index (χ2v) is 4.69. The SMILES string of the molecule is CC(=O)N1CCC(C(=O)N[C@H](CCO)C(=O)O)CC1. The van der Waals surface area contributed by atoms with Crippen LogP contribution in [0.3, 0.4) is 0 Å². The lowest BCUT2D eigenvalue weighted by atomic mass is 9.95. The van der Waals surface area contributed by atoms with Gasteiger partial charge in [0.15, 0.2) is 0 Å². The fourth-order valence-electron chi connectivity index (χ4n) is 2.13. The van der Waals surface area contributed by atoms with Gasteiger partial charge in [-0.1, -0.05) is 0 Å². The fraction of sp³-hybridized carbons (Fsp3) is 0.750. The Balaban J connectivity index is 2.46. The van der Waals surface area contributed by atoms with Crippen molar-refractivity contribution < 1.29 is 24.6 Å². The van der Waals surface area contributed by atoms with Gasteiger partial charge in [-0.05, 0) is 12.8 Å². The molecule has 3 N–H and O–H groups in total. The molecule has 1 aliphatic heterocycles. The molecule has 1 atom stereocenters. The van der Waals surface area contributed by atoms with Crippen LogP contribution in [0.1, 0.15) is 26.2 Å². The van der Waals surface area contributed by atoms with E-state index in [9.17, 15) is 14.4 Å². The number of amides is 2. The number of likely N-dealkylation sites (tertiary alicyclic amines) is 1. The molecule has 0 aromatic heterocycles. The zero-order valence-electron chi connectivity index (χ0n) is 11.0. The van der Waals surface area contributed by atoms with Crippen molar-refractivity contribution in [1.29, 1.82) is 0 Å². The van der Waals surface area contributed by atoms with E-state index in [4.69, 9.17) is 10.2 Å². The molecule has 0 aromatic carbocycles. The van der Waals surface area contributed by atoms with E-state index in [-0.39, 0.29) is 30.8 Å². The Morgan fingerprint density at radius 3 is 2.32 bits per heavy atom. The maximum atomic E-state index is 11.9. The summed E-state index contributed by atoms with van der Waals surface area (Å²) in [5, 5.41) is 20.1. The Labute approximate surface area is 111 Å². The molecular formula is C12H20N2O5. The average molecular weight is 272 g/mol. The summed E-state index contributed by atoms with van der Waals surface area (Å²) in [5.41, 5.74) is 0. The van der Waals surface area contributed by atoms with Gasteiger partial charge in [0.25, 0.3) is 0 Å². The minimum absolute atomic E-state index is 0.00658. The molecule has 7 nitrogen and oxygen atoms in total. The highest BCUT2D eigenvalue weighted by molar-refractivity contribution is 5.85. The van der Waals surface area contributed by atoms with E-state index >= 15 is 0 Å². The van der Waals surface area contributed by atoms with Gasteiger partial charge in [-0.3, -0.25) is 9.59 Å². The molecule has 108 valence electrons. The summed E-state index contributed by atoms with van der Waals surface area (Å²) >= 11 is 0. The number of carboxylic acids is 1. The molecule has 0 aliphatic carbocycles. The van der Waals surface area contributed by atoms with Gasteiger partial charge in [-0.2, -0.15) is 0 Å². The summed E-state index contributed by atoms with van der Waals surface area (Å²) < 4.78 is 0. The number of hydrogen-bond acceptors (Lipinski definition) is 4. The summed E-state index contributed by atoms with van der Waals surface area (Å²) in [6.07, 6.45) is 1.07. The van der Waals surface area contributed by atoms with Gasteiger partial charge in [0, 0.05) is 39.0 Å². The number of carbonyl (C=O) groups excluding carboxylic acids is 2. The van der Waals surface area contributed by atoms with Crippen LogP contribution in [-0.2, 0) is 14.4 Å². The van der Waals surface area contributed by atoms with Gasteiger partial charge in [0.2, 0.25) is 11.8 Å². The van der Waals surface area contributed by atoms with Crippen LogP contribution < -0.4 is 5.32 Å². The van der Waals surface area contributed by atoms with E-state index in [0.717, 1.165) is 0 Å². The molecule has 0 saturated carbocycles. The van der Waals surface area contributed by atoms with Gasteiger partial charge in [-0.15, -0.1) is 0 Å². The van der Waals surface area contributed by atoms with Gasteiger partial charge < -0.3 is 20.4 Å². The third kappa shape index (κ3) is 4.51. The van der Waals surface area contributed by atoms with Gasteiger partial charge in [0.1, 0.15) is 6.04 Å². The summed E-state index contributed by atoms with van der Waals surface area (Å²) in [4.78, 5) is 35.6. The predicted octanol–water partition coefficient (Wildman–Crippen LogP) is -0.803. The molecule has 0 unspecified atom stereocenters. The quantitative estimate of drug-likeness (QED) is 0.607. The Morgan fingerprint density at radius 1 is 1.32 bits per heavy atom. The first kappa shape index (κ1) is 15.4.